The standard InChI is InChI=1S/C20H23ClN2O4S/c21-17-2-3-19-16(12-17)11-15(13-27-19)1-4-20(24)23-8-6-22(7-9-23)18-5-10-28(25,26)14-18/h1-4,11-12,18H,5-10,13-14H2/b4-1+. The van der Waals surface area contributed by atoms with E-state index in [-0.39, 0.29) is 23.5 Å². The molecule has 1 aromatic rings. The molecule has 0 bridgehead atoms. The summed E-state index contributed by atoms with van der Waals surface area (Å²) < 4.78 is 29.0. The topological polar surface area (TPSA) is 66.9 Å². The van der Waals surface area contributed by atoms with E-state index in [0.29, 0.717) is 31.1 Å². The maximum absolute atomic E-state index is 12.5. The van der Waals surface area contributed by atoms with Gasteiger partial charge in [0.15, 0.2) is 9.84 Å². The van der Waals surface area contributed by atoms with Crippen LogP contribution in [0.5, 0.6) is 5.75 Å². The lowest BCUT2D eigenvalue weighted by atomic mass is 10.1. The molecule has 3 aliphatic rings. The minimum Gasteiger partial charge on any atom is -0.488 e. The smallest absolute Gasteiger partial charge is 0.246 e. The second-order valence-electron chi connectivity index (χ2n) is 7.44. The summed E-state index contributed by atoms with van der Waals surface area (Å²) in [6.45, 7) is 3.10. The highest BCUT2D eigenvalue weighted by Crippen LogP contribution is 2.29. The first-order valence-corrected chi connectivity index (χ1v) is 11.6. The van der Waals surface area contributed by atoms with Crippen molar-refractivity contribution < 1.29 is 17.9 Å². The number of nitrogens with zero attached hydrogens (tertiary/aromatic N) is 2. The van der Waals surface area contributed by atoms with Gasteiger partial charge in [-0.1, -0.05) is 17.7 Å². The number of fused-ring (bicyclic) bond motifs is 1. The molecule has 1 aromatic carbocycles. The zero-order valence-corrected chi connectivity index (χ0v) is 17.1. The van der Waals surface area contributed by atoms with Crippen LogP contribution in [0.25, 0.3) is 6.08 Å². The molecule has 1 unspecified atom stereocenters. The highest BCUT2D eigenvalue weighted by Gasteiger charge is 2.34. The summed E-state index contributed by atoms with van der Waals surface area (Å²) in [5.74, 6) is 1.29. The van der Waals surface area contributed by atoms with Gasteiger partial charge in [0.1, 0.15) is 12.4 Å². The lowest BCUT2D eigenvalue weighted by Crippen LogP contribution is -2.52. The minimum absolute atomic E-state index is 0.0310. The first-order chi connectivity index (χ1) is 13.4. The third kappa shape index (κ3) is 4.42. The van der Waals surface area contributed by atoms with Gasteiger partial charge in [0.25, 0.3) is 0 Å². The van der Waals surface area contributed by atoms with Gasteiger partial charge >= 0.3 is 0 Å². The van der Waals surface area contributed by atoms with E-state index >= 15 is 0 Å². The van der Waals surface area contributed by atoms with Crippen LogP contribution in [0.1, 0.15) is 12.0 Å². The number of hydrogen-bond donors (Lipinski definition) is 0. The van der Waals surface area contributed by atoms with Crippen molar-refractivity contribution in [2.45, 2.75) is 12.5 Å². The number of benzene rings is 1. The summed E-state index contributed by atoms with van der Waals surface area (Å²) in [6, 6.07) is 5.58. The van der Waals surface area contributed by atoms with E-state index in [1.807, 2.05) is 23.1 Å². The molecule has 0 saturated carbocycles. The van der Waals surface area contributed by atoms with Crippen molar-refractivity contribution in [2.75, 3.05) is 44.3 Å². The third-order valence-corrected chi connectivity index (χ3v) is 7.48. The van der Waals surface area contributed by atoms with Crippen molar-refractivity contribution in [2.24, 2.45) is 0 Å². The molecule has 2 fully saturated rings. The fourth-order valence-corrected chi connectivity index (χ4v) is 5.86. The monoisotopic (exact) mass is 422 g/mol. The van der Waals surface area contributed by atoms with Gasteiger partial charge in [-0.25, -0.2) is 8.42 Å². The number of halogens is 1. The molecular weight excluding hydrogens is 400 g/mol. The molecule has 0 spiro atoms. The molecule has 4 rings (SSSR count). The Morgan fingerprint density at radius 1 is 1.21 bits per heavy atom. The molecule has 150 valence electrons. The van der Waals surface area contributed by atoms with Crippen molar-refractivity contribution >= 4 is 33.4 Å². The molecule has 2 saturated heterocycles. The van der Waals surface area contributed by atoms with Crippen LogP contribution in [-0.2, 0) is 14.6 Å². The Morgan fingerprint density at radius 3 is 2.71 bits per heavy atom. The number of rotatable bonds is 3. The molecule has 1 amide bonds. The number of piperazine rings is 1. The van der Waals surface area contributed by atoms with Crippen LogP contribution in [0.3, 0.4) is 0 Å². The number of ether oxygens (including phenoxy) is 1. The van der Waals surface area contributed by atoms with Gasteiger partial charge in [-0.3, -0.25) is 9.69 Å². The molecule has 3 aliphatic heterocycles. The van der Waals surface area contributed by atoms with E-state index < -0.39 is 9.84 Å². The van der Waals surface area contributed by atoms with Crippen LogP contribution >= 0.6 is 11.6 Å². The van der Waals surface area contributed by atoms with Crippen LogP contribution in [-0.4, -0.2) is 74.5 Å². The van der Waals surface area contributed by atoms with Crippen molar-refractivity contribution in [3.63, 3.8) is 0 Å². The maximum atomic E-state index is 12.5. The van der Waals surface area contributed by atoms with Gasteiger partial charge in [0, 0.05) is 48.9 Å². The average molecular weight is 423 g/mol. The highest BCUT2D eigenvalue weighted by molar-refractivity contribution is 7.91. The lowest BCUT2D eigenvalue weighted by molar-refractivity contribution is -0.128. The molecule has 1 atom stereocenters. The van der Waals surface area contributed by atoms with Gasteiger partial charge in [-0.2, -0.15) is 0 Å². The molecular formula is C20H23ClN2O4S. The lowest BCUT2D eigenvalue weighted by Gasteiger charge is -2.37. The summed E-state index contributed by atoms with van der Waals surface area (Å²) in [6.07, 6.45) is 6.06. The van der Waals surface area contributed by atoms with Crippen LogP contribution in [0.2, 0.25) is 5.02 Å². The molecule has 0 aliphatic carbocycles. The number of hydrogen-bond acceptors (Lipinski definition) is 5. The predicted molar refractivity (Wildman–Crippen MR) is 109 cm³/mol. The first-order valence-electron chi connectivity index (χ1n) is 9.44. The van der Waals surface area contributed by atoms with Gasteiger partial charge in [-0.05, 0) is 36.3 Å². The SMILES string of the molecule is O=C(/C=C/C1=Cc2cc(Cl)ccc2OC1)N1CCN(C2CCS(=O)(=O)C2)CC1. The summed E-state index contributed by atoms with van der Waals surface area (Å²) >= 11 is 6.03. The van der Waals surface area contributed by atoms with Crippen LogP contribution in [0.15, 0.2) is 35.9 Å². The molecule has 0 radical (unpaired) electrons. The van der Waals surface area contributed by atoms with Crippen molar-refractivity contribution in [1.29, 1.82) is 0 Å². The van der Waals surface area contributed by atoms with Gasteiger partial charge < -0.3 is 9.64 Å². The van der Waals surface area contributed by atoms with Gasteiger partial charge in [-0.15, -0.1) is 0 Å². The fraction of sp³-hybridized carbons (Fsp3) is 0.450. The number of carbonyl (C=O) groups excluding carboxylic acids is 1. The third-order valence-electron chi connectivity index (χ3n) is 5.50. The highest BCUT2D eigenvalue weighted by atomic mass is 35.5. The summed E-state index contributed by atoms with van der Waals surface area (Å²) in [5.41, 5.74) is 1.82. The largest absolute Gasteiger partial charge is 0.488 e. The van der Waals surface area contributed by atoms with Crippen LogP contribution in [0, 0.1) is 0 Å². The quantitative estimate of drug-likeness (QED) is 0.697. The summed E-state index contributed by atoms with van der Waals surface area (Å²) in [4.78, 5) is 16.5. The van der Waals surface area contributed by atoms with Crippen LogP contribution < -0.4 is 4.74 Å². The Bertz CT molecular complexity index is 934. The fourth-order valence-electron chi connectivity index (χ4n) is 3.92. The van der Waals surface area contributed by atoms with E-state index in [1.165, 1.54) is 0 Å². The minimum atomic E-state index is -2.88. The molecule has 3 heterocycles. The summed E-state index contributed by atoms with van der Waals surface area (Å²) in [7, 11) is -2.88. The molecule has 0 N–H and O–H groups in total. The van der Waals surface area contributed by atoms with E-state index in [9.17, 15) is 13.2 Å². The Kier molecular flexibility index (Phi) is 5.49. The second kappa shape index (κ2) is 7.89. The molecule has 6 nitrogen and oxygen atoms in total. The van der Waals surface area contributed by atoms with E-state index in [2.05, 4.69) is 4.90 Å². The van der Waals surface area contributed by atoms with Crippen molar-refractivity contribution in [3.05, 3.63) is 46.5 Å². The number of carbonyl (C=O) groups is 1. The zero-order chi connectivity index (χ0) is 19.7. The van der Waals surface area contributed by atoms with Crippen molar-refractivity contribution in [1.82, 2.24) is 9.80 Å². The molecule has 0 aromatic heterocycles. The van der Waals surface area contributed by atoms with Crippen molar-refractivity contribution in [3.8, 4) is 5.75 Å². The Morgan fingerprint density at radius 2 is 2.00 bits per heavy atom. The Balaban J connectivity index is 1.32. The van der Waals surface area contributed by atoms with Gasteiger partial charge in [0.05, 0.1) is 11.5 Å². The normalized spacial score (nSPS) is 24.7. The van der Waals surface area contributed by atoms with E-state index in [0.717, 1.165) is 30.0 Å². The van der Waals surface area contributed by atoms with E-state index in [1.54, 1.807) is 18.2 Å². The maximum Gasteiger partial charge on any atom is 0.246 e. The Hall–Kier alpha value is -1.83. The van der Waals surface area contributed by atoms with E-state index in [4.69, 9.17) is 16.3 Å². The molecule has 28 heavy (non-hydrogen) atoms. The first kappa shape index (κ1) is 19.5. The van der Waals surface area contributed by atoms with Crippen LogP contribution in [0.4, 0.5) is 0 Å². The average Bonchev–Trinajstić information content (AvgIpc) is 3.05. The number of sulfone groups is 1. The predicted octanol–water partition coefficient (Wildman–Crippen LogP) is 2.00. The number of amides is 1. The van der Waals surface area contributed by atoms with Gasteiger partial charge in [0.2, 0.25) is 5.91 Å². The summed E-state index contributed by atoms with van der Waals surface area (Å²) in [5, 5.41) is 0.646. The second-order valence-corrected chi connectivity index (χ2v) is 10.1. The Labute approximate surface area is 170 Å². The zero-order valence-electron chi connectivity index (χ0n) is 15.5. The molecule has 8 heteroatoms.